The van der Waals surface area contributed by atoms with Gasteiger partial charge in [-0.1, -0.05) is 11.6 Å². The highest BCUT2D eigenvalue weighted by Gasteiger charge is 2.19. The van der Waals surface area contributed by atoms with Crippen LogP contribution >= 0.6 is 11.6 Å². The molecule has 138 valence electrons. The van der Waals surface area contributed by atoms with E-state index in [0.29, 0.717) is 27.7 Å². The molecule has 0 atom stereocenters. The van der Waals surface area contributed by atoms with Gasteiger partial charge in [0.05, 0.1) is 29.2 Å². The number of carbonyl (C=O) groups excluding carboxylic acids is 1. The Morgan fingerprint density at radius 3 is 2.42 bits per heavy atom. The van der Waals surface area contributed by atoms with E-state index in [1.54, 1.807) is 37.4 Å². The molecule has 1 saturated heterocycles. The summed E-state index contributed by atoms with van der Waals surface area (Å²) in [5.74, 6) is 0.466. The molecule has 26 heavy (non-hydrogen) atoms. The van der Waals surface area contributed by atoms with Crippen molar-refractivity contribution in [3.05, 3.63) is 47.0 Å². The summed E-state index contributed by atoms with van der Waals surface area (Å²) in [5.41, 5.74) is 8.75. The number of ether oxygens (including phenoxy) is 1. The van der Waals surface area contributed by atoms with Crippen molar-refractivity contribution < 1.29 is 9.53 Å². The highest BCUT2D eigenvalue weighted by atomic mass is 35.5. The van der Waals surface area contributed by atoms with Gasteiger partial charge < -0.3 is 25.6 Å². The van der Waals surface area contributed by atoms with Crippen molar-refractivity contribution in [2.45, 2.75) is 0 Å². The van der Waals surface area contributed by atoms with Crippen LogP contribution < -0.4 is 20.7 Å². The SMILES string of the molecule is COc1ccc(C(=O)Nc2cc(N3CCN(C)CC3)c(N)cc2Cl)cc1. The molecule has 0 bridgehead atoms. The summed E-state index contributed by atoms with van der Waals surface area (Å²) in [6.45, 7) is 3.70. The van der Waals surface area contributed by atoms with Gasteiger partial charge in [0, 0.05) is 31.7 Å². The fourth-order valence-corrected chi connectivity index (χ4v) is 3.15. The number of nitrogens with zero attached hydrogens (tertiary/aromatic N) is 2. The van der Waals surface area contributed by atoms with Crippen LogP contribution in [0.4, 0.5) is 17.1 Å². The number of nitrogens with two attached hydrogens (primary N) is 1. The highest BCUT2D eigenvalue weighted by molar-refractivity contribution is 6.34. The van der Waals surface area contributed by atoms with E-state index >= 15 is 0 Å². The Balaban J connectivity index is 1.80. The van der Waals surface area contributed by atoms with Gasteiger partial charge in [0.1, 0.15) is 5.75 Å². The summed E-state index contributed by atoms with van der Waals surface area (Å²) in [4.78, 5) is 17.0. The van der Waals surface area contributed by atoms with Gasteiger partial charge >= 0.3 is 0 Å². The van der Waals surface area contributed by atoms with E-state index in [0.717, 1.165) is 31.9 Å². The predicted molar refractivity (Wildman–Crippen MR) is 107 cm³/mol. The van der Waals surface area contributed by atoms with Crippen LogP contribution in [-0.4, -0.2) is 51.1 Å². The fourth-order valence-electron chi connectivity index (χ4n) is 2.93. The van der Waals surface area contributed by atoms with Crippen LogP contribution in [0.5, 0.6) is 5.75 Å². The highest BCUT2D eigenvalue weighted by Crippen LogP contribution is 2.34. The molecule has 1 fully saturated rings. The summed E-state index contributed by atoms with van der Waals surface area (Å²) in [7, 11) is 3.69. The van der Waals surface area contributed by atoms with Crippen molar-refractivity contribution in [2.75, 3.05) is 56.3 Å². The summed E-state index contributed by atoms with van der Waals surface area (Å²) in [6.07, 6.45) is 0. The Labute approximate surface area is 158 Å². The van der Waals surface area contributed by atoms with Crippen molar-refractivity contribution in [3.8, 4) is 5.75 Å². The molecule has 1 aliphatic heterocycles. The Morgan fingerprint density at radius 2 is 1.81 bits per heavy atom. The lowest BCUT2D eigenvalue weighted by Crippen LogP contribution is -2.44. The van der Waals surface area contributed by atoms with Gasteiger partial charge in [-0.2, -0.15) is 0 Å². The number of halogens is 1. The van der Waals surface area contributed by atoms with Gasteiger partial charge in [-0.05, 0) is 43.4 Å². The maximum atomic E-state index is 12.5. The minimum atomic E-state index is -0.233. The predicted octanol–water partition coefficient (Wildman–Crippen LogP) is 2.93. The third kappa shape index (κ3) is 4.03. The molecule has 3 rings (SSSR count). The lowest BCUT2D eigenvalue weighted by molar-refractivity contribution is 0.102. The van der Waals surface area contributed by atoms with Gasteiger partial charge in [-0.25, -0.2) is 0 Å². The monoisotopic (exact) mass is 374 g/mol. The number of rotatable bonds is 4. The van der Waals surface area contributed by atoms with Crippen molar-refractivity contribution in [2.24, 2.45) is 0 Å². The average Bonchev–Trinajstić information content (AvgIpc) is 2.65. The van der Waals surface area contributed by atoms with Crippen LogP contribution in [0, 0.1) is 0 Å². The van der Waals surface area contributed by atoms with Gasteiger partial charge in [0.15, 0.2) is 0 Å². The number of nitrogen functional groups attached to an aromatic ring is 1. The van der Waals surface area contributed by atoms with Crippen LogP contribution in [0.3, 0.4) is 0 Å². The molecule has 1 heterocycles. The molecule has 3 N–H and O–H groups in total. The number of methoxy groups -OCH3 is 1. The van der Waals surface area contributed by atoms with Crippen LogP contribution in [0.15, 0.2) is 36.4 Å². The van der Waals surface area contributed by atoms with E-state index in [2.05, 4.69) is 22.2 Å². The zero-order valence-electron chi connectivity index (χ0n) is 15.0. The second kappa shape index (κ2) is 7.85. The number of carbonyl (C=O) groups is 1. The minimum Gasteiger partial charge on any atom is -0.497 e. The zero-order valence-corrected chi connectivity index (χ0v) is 15.7. The van der Waals surface area contributed by atoms with Crippen LogP contribution in [0.2, 0.25) is 5.02 Å². The lowest BCUT2D eigenvalue weighted by Gasteiger charge is -2.35. The Hall–Kier alpha value is -2.44. The molecular formula is C19H23ClN4O2. The van der Waals surface area contributed by atoms with Gasteiger partial charge in [0.2, 0.25) is 0 Å². The molecule has 7 heteroatoms. The van der Waals surface area contributed by atoms with E-state index in [1.165, 1.54) is 0 Å². The smallest absolute Gasteiger partial charge is 0.255 e. The van der Waals surface area contributed by atoms with Crippen LogP contribution in [0.25, 0.3) is 0 Å². The lowest BCUT2D eigenvalue weighted by atomic mass is 10.1. The van der Waals surface area contributed by atoms with E-state index < -0.39 is 0 Å². The molecule has 6 nitrogen and oxygen atoms in total. The fraction of sp³-hybridized carbons (Fsp3) is 0.316. The number of amides is 1. The first-order valence-corrected chi connectivity index (χ1v) is 8.83. The van der Waals surface area contributed by atoms with Crippen molar-refractivity contribution in [1.82, 2.24) is 4.90 Å². The molecule has 2 aromatic carbocycles. The minimum absolute atomic E-state index is 0.233. The van der Waals surface area contributed by atoms with Crippen molar-refractivity contribution >= 4 is 34.6 Å². The molecule has 0 radical (unpaired) electrons. The van der Waals surface area contributed by atoms with Crippen molar-refractivity contribution in [3.63, 3.8) is 0 Å². The van der Waals surface area contributed by atoms with E-state index in [4.69, 9.17) is 22.1 Å². The molecule has 2 aromatic rings. The topological polar surface area (TPSA) is 70.8 Å². The number of hydrogen-bond acceptors (Lipinski definition) is 5. The van der Waals surface area contributed by atoms with Crippen LogP contribution in [-0.2, 0) is 0 Å². The number of benzene rings is 2. The number of anilines is 3. The number of hydrogen-bond donors (Lipinski definition) is 2. The summed E-state index contributed by atoms with van der Waals surface area (Å²) in [6, 6.07) is 10.5. The second-order valence-electron chi connectivity index (χ2n) is 6.36. The maximum absolute atomic E-state index is 12.5. The molecular weight excluding hydrogens is 352 g/mol. The Bertz CT molecular complexity index is 787. The molecule has 1 amide bonds. The molecule has 0 spiro atoms. The van der Waals surface area contributed by atoms with Crippen molar-refractivity contribution in [1.29, 1.82) is 0 Å². The standard InChI is InChI=1S/C19H23ClN4O2/c1-23-7-9-24(10-8-23)18-12-17(15(20)11-16(18)21)22-19(25)13-3-5-14(26-2)6-4-13/h3-6,11-12H,7-10,21H2,1-2H3,(H,22,25). The zero-order chi connectivity index (χ0) is 18.7. The number of nitrogens with one attached hydrogen (secondary N) is 1. The molecule has 0 saturated carbocycles. The number of piperazine rings is 1. The maximum Gasteiger partial charge on any atom is 0.255 e. The quantitative estimate of drug-likeness (QED) is 0.805. The third-order valence-electron chi connectivity index (χ3n) is 4.56. The van der Waals surface area contributed by atoms with E-state index in [1.807, 2.05) is 6.07 Å². The summed E-state index contributed by atoms with van der Waals surface area (Å²) < 4.78 is 5.11. The average molecular weight is 375 g/mol. The molecule has 1 aliphatic rings. The first-order chi connectivity index (χ1) is 12.5. The second-order valence-corrected chi connectivity index (χ2v) is 6.77. The Kier molecular flexibility index (Phi) is 5.54. The molecule has 0 aliphatic carbocycles. The van der Waals surface area contributed by atoms with E-state index in [9.17, 15) is 4.79 Å². The number of likely N-dealkylation sites (N-methyl/N-ethyl adjacent to an activating group) is 1. The molecule has 0 aromatic heterocycles. The normalized spacial score (nSPS) is 15.0. The van der Waals surface area contributed by atoms with Gasteiger partial charge in [-0.3, -0.25) is 4.79 Å². The van der Waals surface area contributed by atoms with E-state index in [-0.39, 0.29) is 5.91 Å². The molecule has 0 unspecified atom stereocenters. The van der Waals surface area contributed by atoms with Gasteiger partial charge in [-0.15, -0.1) is 0 Å². The first kappa shape index (κ1) is 18.4. The largest absolute Gasteiger partial charge is 0.497 e. The third-order valence-corrected chi connectivity index (χ3v) is 4.87. The van der Waals surface area contributed by atoms with Crippen LogP contribution in [0.1, 0.15) is 10.4 Å². The summed E-state index contributed by atoms with van der Waals surface area (Å²) in [5, 5.41) is 3.29. The summed E-state index contributed by atoms with van der Waals surface area (Å²) >= 11 is 6.30. The first-order valence-electron chi connectivity index (χ1n) is 8.46. The van der Waals surface area contributed by atoms with Gasteiger partial charge in [0.25, 0.3) is 5.91 Å². The Morgan fingerprint density at radius 1 is 1.15 bits per heavy atom.